The number of rotatable bonds is 4. The monoisotopic (exact) mass is 246 g/mol. The molecule has 2 nitrogen and oxygen atoms in total. The predicted molar refractivity (Wildman–Crippen MR) is 74.1 cm³/mol. The predicted octanol–water partition coefficient (Wildman–Crippen LogP) is 3.33. The number of hydrogen-bond donors (Lipinski definition) is 2. The minimum atomic E-state index is -0.570. The molecule has 0 amide bonds. The molecule has 0 aliphatic carbocycles. The average molecular weight is 246 g/mol. The van der Waals surface area contributed by atoms with Gasteiger partial charge >= 0.3 is 0 Å². The van der Waals surface area contributed by atoms with Gasteiger partial charge in [-0.2, -0.15) is 0 Å². The van der Waals surface area contributed by atoms with Crippen LogP contribution in [0.25, 0.3) is 0 Å². The molecule has 0 heterocycles. The Bertz CT molecular complexity index is 410. The minimum absolute atomic E-state index is 0.570. The molecule has 1 rings (SSSR count). The largest absolute Gasteiger partial charge is 0.389 e. The number of aliphatic hydroxyl groups excluding tert-OH is 2. The lowest BCUT2D eigenvalue weighted by molar-refractivity contribution is 0.192. The summed E-state index contributed by atoms with van der Waals surface area (Å²) in [5.74, 6) is 6.23. The van der Waals surface area contributed by atoms with Gasteiger partial charge in [0.15, 0.2) is 0 Å². The van der Waals surface area contributed by atoms with E-state index in [1.54, 1.807) is 13.8 Å². The summed E-state index contributed by atoms with van der Waals surface area (Å²) in [7, 11) is 0. The second kappa shape index (κ2) is 7.20. The van der Waals surface area contributed by atoms with Gasteiger partial charge in [-0.25, -0.2) is 0 Å². The first-order chi connectivity index (χ1) is 8.57. The smallest absolute Gasteiger partial charge is 0.0774 e. The van der Waals surface area contributed by atoms with Gasteiger partial charge in [0.2, 0.25) is 0 Å². The number of benzene rings is 1. The summed E-state index contributed by atoms with van der Waals surface area (Å²) < 4.78 is 0. The summed E-state index contributed by atoms with van der Waals surface area (Å²) in [6.45, 7) is 5.57. The highest BCUT2D eigenvalue weighted by Crippen LogP contribution is 2.25. The molecule has 0 aliphatic heterocycles. The second-order valence-electron chi connectivity index (χ2n) is 4.57. The molecule has 0 saturated heterocycles. The van der Waals surface area contributed by atoms with Crippen LogP contribution < -0.4 is 0 Å². The number of hydrogen-bond acceptors (Lipinski definition) is 2. The summed E-state index contributed by atoms with van der Waals surface area (Å²) in [5.41, 5.74) is 2.36. The first-order valence-corrected chi connectivity index (χ1v) is 6.55. The average Bonchev–Trinajstić information content (AvgIpc) is 2.34. The summed E-state index contributed by atoms with van der Waals surface area (Å²) in [5, 5.41) is 19.5. The molecular weight excluding hydrogens is 224 g/mol. The van der Waals surface area contributed by atoms with Gasteiger partial charge in [0.05, 0.1) is 12.2 Å². The van der Waals surface area contributed by atoms with Gasteiger partial charge in [0.25, 0.3) is 0 Å². The van der Waals surface area contributed by atoms with Crippen LogP contribution in [0.5, 0.6) is 0 Å². The molecule has 18 heavy (non-hydrogen) atoms. The SMILES string of the molecule is CCCCC#Cc1c([C@H](C)O)cccc1[C@H](C)O. The summed E-state index contributed by atoms with van der Waals surface area (Å²) >= 11 is 0. The maximum absolute atomic E-state index is 9.76. The van der Waals surface area contributed by atoms with E-state index in [0.717, 1.165) is 36.0 Å². The minimum Gasteiger partial charge on any atom is -0.389 e. The van der Waals surface area contributed by atoms with Crippen molar-refractivity contribution in [2.45, 2.75) is 52.2 Å². The molecule has 0 bridgehead atoms. The molecule has 2 N–H and O–H groups in total. The second-order valence-corrected chi connectivity index (χ2v) is 4.57. The fourth-order valence-corrected chi connectivity index (χ4v) is 1.85. The van der Waals surface area contributed by atoms with Crippen molar-refractivity contribution in [1.29, 1.82) is 0 Å². The lowest BCUT2D eigenvalue weighted by atomic mass is 9.95. The van der Waals surface area contributed by atoms with Crippen LogP contribution in [0.15, 0.2) is 18.2 Å². The lowest BCUT2D eigenvalue weighted by Crippen LogP contribution is -2.02. The van der Waals surface area contributed by atoms with Gasteiger partial charge in [-0.05, 0) is 31.4 Å². The molecule has 1 aromatic carbocycles. The van der Waals surface area contributed by atoms with Crippen LogP contribution in [0.4, 0.5) is 0 Å². The zero-order chi connectivity index (χ0) is 13.5. The molecule has 2 atom stereocenters. The maximum atomic E-state index is 9.76. The van der Waals surface area contributed by atoms with Crippen molar-refractivity contribution in [1.82, 2.24) is 0 Å². The van der Waals surface area contributed by atoms with Gasteiger partial charge in [-0.1, -0.05) is 43.4 Å². The molecule has 0 spiro atoms. The van der Waals surface area contributed by atoms with E-state index in [0.29, 0.717) is 0 Å². The van der Waals surface area contributed by atoms with Crippen LogP contribution in [-0.4, -0.2) is 10.2 Å². The molecule has 0 fully saturated rings. The molecule has 0 radical (unpaired) electrons. The van der Waals surface area contributed by atoms with Crippen LogP contribution >= 0.6 is 0 Å². The van der Waals surface area contributed by atoms with Gasteiger partial charge in [-0.3, -0.25) is 0 Å². The van der Waals surface area contributed by atoms with Crippen molar-refractivity contribution >= 4 is 0 Å². The Hall–Kier alpha value is -1.30. The van der Waals surface area contributed by atoms with E-state index in [-0.39, 0.29) is 0 Å². The van der Waals surface area contributed by atoms with Crippen LogP contribution in [0, 0.1) is 11.8 Å². The van der Waals surface area contributed by atoms with E-state index in [2.05, 4.69) is 18.8 Å². The van der Waals surface area contributed by atoms with Gasteiger partial charge in [-0.15, -0.1) is 0 Å². The molecule has 0 aliphatic rings. The number of unbranched alkanes of at least 4 members (excludes halogenated alkanes) is 2. The van der Waals surface area contributed by atoms with Crippen LogP contribution in [0.3, 0.4) is 0 Å². The maximum Gasteiger partial charge on any atom is 0.0774 e. The van der Waals surface area contributed by atoms with Crippen molar-refractivity contribution in [3.63, 3.8) is 0 Å². The molecule has 0 saturated carbocycles. The highest BCUT2D eigenvalue weighted by atomic mass is 16.3. The summed E-state index contributed by atoms with van der Waals surface area (Å²) in [4.78, 5) is 0. The molecule has 0 unspecified atom stereocenters. The van der Waals surface area contributed by atoms with Crippen molar-refractivity contribution < 1.29 is 10.2 Å². The molecule has 0 aromatic heterocycles. The highest BCUT2D eigenvalue weighted by Gasteiger charge is 2.13. The van der Waals surface area contributed by atoms with Gasteiger partial charge in [0, 0.05) is 12.0 Å². The third kappa shape index (κ3) is 3.87. The Labute approximate surface area is 110 Å². The normalized spacial score (nSPS) is 13.6. The van der Waals surface area contributed by atoms with Crippen molar-refractivity contribution in [3.8, 4) is 11.8 Å². The first kappa shape index (κ1) is 14.8. The zero-order valence-corrected chi connectivity index (χ0v) is 11.4. The summed E-state index contributed by atoms with van der Waals surface area (Å²) in [6, 6.07) is 5.57. The molecule has 2 heteroatoms. The van der Waals surface area contributed by atoms with Crippen molar-refractivity contribution in [2.24, 2.45) is 0 Å². The topological polar surface area (TPSA) is 40.5 Å². The Kier molecular flexibility index (Phi) is 5.91. The van der Waals surface area contributed by atoms with E-state index in [9.17, 15) is 10.2 Å². The van der Waals surface area contributed by atoms with E-state index in [1.807, 2.05) is 18.2 Å². The summed E-state index contributed by atoms with van der Waals surface area (Å²) in [6.07, 6.45) is 1.91. The zero-order valence-electron chi connectivity index (χ0n) is 11.4. The third-order valence-corrected chi connectivity index (χ3v) is 2.90. The first-order valence-electron chi connectivity index (χ1n) is 6.55. The van der Waals surface area contributed by atoms with E-state index in [1.165, 1.54) is 0 Å². The molecule has 98 valence electrons. The van der Waals surface area contributed by atoms with E-state index in [4.69, 9.17) is 0 Å². The highest BCUT2D eigenvalue weighted by molar-refractivity contribution is 5.49. The fourth-order valence-electron chi connectivity index (χ4n) is 1.85. The van der Waals surface area contributed by atoms with Crippen molar-refractivity contribution in [3.05, 3.63) is 34.9 Å². The lowest BCUT2D eigenvalue weighted by Gasteiger charge is -2.14. The Morgan fingerprint density at radius 1 is 1.11 bits per heavy atom. The standard InChI is InChI=1S/C16H22O2/c1-4-5-6-7-9-16-14(12(2)17)10-8-11-15(16)13(3)18/h8,10-13,17-18H,4-6H2,1-3H3/t12-,13-/m0/s1. The quantitative estimate of drug-likeness (QED) is 0.632. The molecular formula is C16H22O2. The van der Waals surface area contributed by atoms with Crippen LogP contribution in [0.2, 0.25) is 0 Å². The third-order valence-electron chi connectivity index (χ3n) is 2.90. The Morgan fingerprint density at radius 3 is 2.11 bits per heavy atom. The van der Waals surface area contributed by atoms with Gasteiger partial charge < -0.3 is 10.2 Å². The fraction of sp³-hybridized carbons (Fsp3) is 0.500. The Morgan fingerprint density at radius 2 is 1.67 bits per heavy atom. The Balaban J connectivity index is 3.13. The van der Waals surface area contributed by atoms with Crippen LogP contribution in [0.1, 0.15) is 68.9 Å². The van der Waals surface area contributed by atoms with Crippen molar-refractivity contribution in [2.75, 3.05) is 0 Å². The number of aliphatic hydroxyl groups is 2. The molecule has 1 aromatic rings. The van der Waals surface area contributed by atoms with Gasteiger partial charge in [0.1, 0.15) is 0 Å². The van der Waals surface area contributed by atoms with E-state index < -0.39 is 12.2 Å². The van der Waals surface area contributed by atoms with E-state index >= 15 is 0 Å². The van der Waals surface area contributed by atoms with Crippen LogP contribution in [-0.2, 0) is 0 Å².